The Hall–Kier alpha value is -4.95. The number of nitrogens with zero attached hydrogens (tertiary/aromatic N) is 5. The zero-order valence-electron chi connectivity index (χ0n) is 23.6. The Labute approximate surface area is 245 Å². The first-order chi connectivity index (χ1) is 20.6. The van der Waals surface area contributed by atoms with Crippen molar-refractivity contribution in [3.8, 4) is 22.8 Å². The molecule has 1 saturated heterocycles. The van der Waals surface area contributed by atoms with Gasteiger partial charge in [-0.25, -0.2) is 9.36 Å². The van der Waals surface area contributed by atoms with E-state index >= 15 is 0 Å². The van der Waals surface area contributed by atoms with Crippen LogP contribution < -0.4 is 15.9 Å². The summed E-state index contributed by atoms with van der Waals surface area (Å²) >= 11 is 0. The van der Waals surface area contributed by atoms with Gasteiger partial charge in [-0.3, -0.25) is 9.69 Å². The number of carbonyl (C=O) groups is 1. The summed E-state index contributed by atoms with van der Waals surface area (Å²) < 4.78 is 3.12. The van der Waals surface area contributed by atoms with Gasteiger partial charge in [0, 0.05) is 44.0 Å². The SMILES string of the molecule is CCNC(=O)C(c1ccccc1)N1CCN(c2ccc(-n3c(-c4ccccc4)nn(-c4ccccc4)c3=O)cc2)CC1. The van der Waals surface area contributed by atoms with Crippen LogP contribution in [0.4, 0.5) is 5.69 Å². The first kappa shape index (κ1) is 27.2. The second-order valence-electron chi connectivity index (χ2n) is 10.3. The van der Waals surface area contributed by atoms with Gasteiger partial charge in [0.25, 0.3) is 0 Å². The van der Waals surface area contributed by atoms with Gasteiger partial charge in [-0.15, -0.1) is 5.10 Å². The van der Waals surface area contributed by atoms with Gasteiger partial charge in [0.2, 0.25) is 5.91 Å². The normalized spacial score (nSPS) is 14.5. The molecule has 0 bridgehead atoms. The highest BCUT2D eigenvalue weighted by atomic mass is 16.2. The van der Waals surface area contributed by atoms with E-state index in [0.717, 1.165) is 48.7 Å². The number of carbonyl (C=O) groups excluding carboxylic acids is 1. The van der Waals surface area contributed by atoms with Crippen LogP contribution in [0, 0.1) is 0 Å². The monoisotopic (exact) mass is 558 g/mol. The van der Waals surface area contributed by atoms with Crippen LogP contribution in [-0.2, 0) is 4.79 Å². The van der Waals surface area contributed by atoms with Gasteiger partial charge in [0.15, 0.2) is 5.82 Å². The minimum Gasteiger partial charge on any atom is -0.369 e. The van der Waals surface area contributed by atoms with Gasteiger partial charge in [-0.2, -0.15) is 4.68 Å². The Morgan fingerprint density at radius 3 is 1.93 bits per heavy atom. The van der Waals surface area contributed by atoms with E-state index in [-0.39, 0.29) is 17.6 Å². The molecule has 0 saturated carbocycles. The lowest BCUT2D eigenvalue weighted by atomic mass is 10.0. The molecule has 0 radical (unpaired) electrons. The van der Waals surface area contributed by atoms with Crippen molar-refractivity contribution in [1.29, 1.82) is 0 Å². The fraction of sp³-hybridized carbons (Fsp3) is 0.206. The molecule has 1 fully saturated rings. The zero-order chi connectivity index (χ0) is 28.9. The van der Waals surface area contributed by atoms with E-state index in [1.165, 1.54) is 4.68 Å². The predicted octanol–water partition coefficient (Wildman–Crippen LogP) is 4.69. The van der Waals surface area contributed by atoms with Gasteiger partial charge < -0.3 is 10.2 Å². The molecule has 6 rings (SSSR count). The molecule has 1 aromatic heterocycles. The highest BCUT2D eigenvalue weighted by molar-refractivity contribution is 5.83. The minimum atomic E-state index is -0.305. The van der Waals surface area contributed by atoms with E-state index in [2.05, 4.69) is 27.2 Å². The highest BCUT2D eigenvalue weighted by Crippen LogP contribution is 2.26. The highest BCUT2D eigenvalue weighted by Gasteiger charge is 2.30. The number of piperazine rings is 1. The van der Waals surface area contributed by atoms with E-state index in [1.807, 2.05) is 110 Å². The average Bonchev–Trinajstić information content (AvgIpc) is 3.40. The molecule has 1 unspecified atom stereocenters. The van der Waals surface area contributed by atoms with Crippen LogP contribution in [0.3, 0.4) is 0 Å². The number of amides is 1. The summed E-state index contributed by atoms with van der Waals surface area (Å²) in [5.41, 5.74) is 4.20. The summed E-state index contributed by atoms with van der Waals surface area (Å²) in [5.74, 6) is 0.625. The topological polar surface area (TPSA) is 75.4 Å². The Morgan fingerprint density at radius 1 is 0.738 bits per heavy atom. The molecule has 2 heterocycles. The summed E-state index contributed by atoms with van der Waals surface area (Å²) in [6.07, 6.45) is 0. The van der Waals surface area contributed by atoms with Crippen molar-refractivity contribution in [3.63, 3.8) is 0 Å². The first-order valence-electron chi connectivity index (χ1n) is 14.4. The molecule has 8 heteroatoms. The van der Waals surface area contributed by atoms with Crippen molar-refractivity contribution in [1.82, 2.24) is 24.6 Å². The van der Waals surface area contributed by atoms with E-state index in [1.54, 1.807) is 4.57 Å². The second-order valence-corrected chi connectivity index (χ2v) is 10.3. The molecule has 5 aromatic rings. The molecule has 8 nitrogen and oxygen atoms in total. The van der Waals surface area contributed by atoms with Crippen molar-refractivity contribution in [2.45, 2.75) is 13.0 Å². The quantitative estimate of drug-likeness (QED) is 0.299. The number of para-hydroxylation sites is 1. The van der Waals surface area contributed by atoms with Crippen molar-refractivity contribution in [2.75, 3.05) is 37.6 Å². The number of rotatable bonds is 8. The van der Waals surface area contributed by atoms with E-state index in [0.29, 0.717) is 18.1 Å². The van der Waals surface area contributed by atoms with Crippen LogP contribution in [0.5, 0.6) is 0 Å². The molecule has 42 heavy (non-hydrogen) atoms. The molecule has 0 spiro atoms. The van der Waals surface area contributed by atoms with E-state index in [4.69, 9.17) is 5.10 Å². The van der Waals surface area contributed by atoms with Crippen molar-refractivity contribution < 1.29 is 4.79 Å². The van der Waals surface area contributed by atoms with E-state index in [9.17, 15) is 9.59 Å². The summed E-state index contributed by atoms with van der Waals surface area (Å²) in [6, 6.07) is 37.0. The molecule has 1 aliphatic rings. The maximum Gasteiger partial charge on any atom is 0.355 e. The third kappa shape index (κ3) is 5.49. The second kappa shape index (κ2) is 12.3. The van der Waals surface area contributed by atoms with Crippen molar-refractivity contribution in [2.24, 2.45) is 0 Å². The van der Waals surface area contributed by atoms with Crippen LogP contribution in [0.2, 0.25) is 0 Å². The number of benzene rings is 4. The smallest absolute Gasteiger partial charge is 0.355 e. The Balaban J connectivity index is 1.24. The Bertz CT molecular complexity index is 1670. The maximum absolute atomic E-state index is 13.7. The van der Waals surface area contributed by atoms with Gasteiger partial charge in [-0.05, 0) is 48.9 Å². The summed E-state index contributed by atoms with van der Waals surface area (Å²) in [4.78, 5) is 31.3. The molecular formula is C34H34N6O2. The molecular weight excluding hydrogens is 524 g/mol. The molecule has 4 aromatic carbocycles. The number of hydrogen-bond acceptors (Lipinski definition) is 5. The van der Waals surface area contributed by atoms with Crippen LogP contribution in [0.25, 0.3) is 22.8 Å². The fourth-order valence-electron chi connectivity index (χ4n) is 5.60. The van der Waals surface area contributed by atoms with Crippen LogP contribution in [0.15, 0.2) is 120 Å². The fourth-order valence-corrected chi connectivity index (χ4v) is 5.60. The van der Waals surface area contributed by atoms with Crippen LogP contribution >= 0.6 is 0 Å². The standard InChI is InChI=1S/C34H34N6O2/c1-2-35-33(41)31(26-12-6-3-7-13-26)38-24-22-37(23-25-38)28-18-20-29(21-19-28)39-32(27-14-8-4-9-15-27)36-40(34(39)42)30-16-10-5-11-17-30/h3-21,31H,2,22-25H2,1H3,(H,35,41). The zero-order valence-corrected chi connectivity index (χ0v) is 23.6. The Kier molecular flexibility index (Phi) is 7.96. The predicted molar refractivity (Wildman–Crippen MR) is 166 cm³/mol. The van der Waals surface area contributed by atoms with Gasteiger partial charge in [0.1, 0.15) is 6.04 Å². The summed E-state index contributed by atoms with van der Waals surface area (Å²) in [7, 11) is 0. The van der Waals surface area contributed by atoms with Crippen LogP contribution in [0.1, 0.15) is 18.5 Å². The third-order valence-corrected chi connectivity index (χ3v) is 7.68. The number of hydrogen-bond donors (Lipinski definition) is 1. The molecule has 0 aliphatic carbocycles. The third-order valence-electron chi connectivity index (χ3n) is 7.68. The van der Waals surface area contributed by atoms with E-state index < -0.39 is 0 Å². The summed E-state index contributed by atoms with van der Waals surface area (Å²) in [5, 5.41) is 7.74. The number of aromatic nitrogens is 3. The largest absolute Gasteiger partial charge is 0.369 e. The van der Waals surface area contributed by atoms with Crippen molar-refractivity contribution in [3.05, 3.63) is 131 Å². The summed E-state index contributed by atoms with van der Waals surface area (Å²) in [6.45, 7) is 5.67. The Morgan fingerprint density at radius 2 is 1.31 bits per heavy atom. The van der Waals surface area contributed by atoms with Gasteiger partial charge in [-0.1, -0.05) is 78.9 Å². The molecule has 1 aliphatic heterocycles. The minimum absolute atomic E-state index is 0.0391. The number of nitrogens with one attached hydrogen (secondary N) is 1. The van der Waals surface area contributed by atoms with Gasteiger partial charge >= 0.3 is 5.69 Å². The average molecular weight is 559 g/mol. The number of anilines is 1. The first-order valence-corrected chi connectivity index (χ1v) is 14.4. The lowest BCUT2D eigenvalue weighted by Crippen LogP contribution is -2.51. The lowest BCUT2D eigenvalue weighted by Gasteiger charge is -2.39. The van der Waals surface area contributed by atoms with Crippen LogP contribution in [-0.4, -0.2) is 57.9 Å². The number of likely N-dealkylation sites (N-methyl/N-ethyl adjacent to an activating group) is 1. The molecule has 1 N–H and O–H groups in total. The molecule has 212 valence electrons. The van der Waals surface area contributed by atoms with Gasteiger partial charge in [0.05, 0.1) is 11.4 Å². The molecule has 1 amide bonds. The maximum atomic E-state index is 13.7. The molecule has 1 atom stereocenters. The lowest BCUT2D eigenvalue weighted by molar-refractivity contribution is -0.126. The van der Waals surface area contributed by atoms with Crippen molar-refractivity contribution >= 4 is 11.6 Å².